The first-order chi connectivity index (χ1) is 13.9. The van der Waals surface area contributed by atoms with Crippen LogP contribution in [0.25, 0.3) is 15.9 Å². The van der Waals surface area contributed by atoms with Gasteiger partial charge in [-0.25, -0.2) is 9.36 Å². The average molecular weight is 405 g/mol. The maximum atomic E-state index is 13.2. The van der Waals surface area contributed by atoms with Crippen molar-refractivity contribution in [2.24, 2.45) is 0 Å². The van der Waals surface area contributed by atoms with Gasteiger partial charge in [0.25, 0.3) is 5.56 Å². The summed E-state index contributed by atoms with van der Waals surface area (Å²) in [7, 11) is 0. The number of hydrogen-bond acceptors (Lipinski definition) is 4. The molecule has 4 aromatic rings. The summed E-state index contributed by atoms with van der Waals surface area (Å²) in [6, 6.07) is 16.3. The van der Waals surface area contributed by atoms with Crippen molar-refractivity contribution in [1.82, 2.24) is 9.13 Å². The Balaban J connectivity index is 1.79. The second kappa shape index (κ2) is 7.52. The fourth-order valence-electron chi connectivity index (χ4n) is 3.22. The minimum atomic E-state index is -0.537. The van der Waals surface area contributed by atoms with Crippen molar-refractivity contribution in [1.29, 1.82) is 0 Å². The van der Waals surface area contributed by atoms with Gasteiger partial charge in [0.2, 0.25) is 5.91 Å². The van der Waals surface area contributed by atoms with Crippen molar-refractivity contribution in [2.75, 3.05) is 5.32 Å². The smallest absolute Gasteiger partial charge is 0.325 e. The van der Waals surface area contributed by atoms with E-state index in [4.69, 9.17) is 0 Å². The molecule has 1 amide bonds. The summed E-state index contributed by atoms with van der Waals surface area (Å²) in [6.45, 7) is 3.67. The molecule has 0 spiro atoms. The number of benzene rings is 2. The molecular weight excluding hydrogens is 386 g/mol. The number of thiophene rings is 1. The number of rotatable bonds is 4. The molecule has 0 saturated carbocycles. The van der Waals surface area contributed by atoms with E-state index in [1.807, 2.05) is 44.2 Å². The number of fused-ring (bicyclic) bond motifs is 1. The van der Waals surface area contributed by atoms with Crippen molar-refractivity contribution in [3.8, 4) is 5.69 Å². The minimum absolute atomic E-state index is 0.188. The average Bonchev–Trinajstić information content (AvgIpc) is 3.17. The fourth-order valence-corrected chi connectivity index (χ4v) is 4.04. The fraction of sp³-hybridized carbons (Fsp3) is 0.136. The number of aromatic nitrogens is 2. The third-order valence-electron chi connectivity index (χ3n) is 4.65. The molecule has 2 heterocycles. The van der Waals surface area contributed by atoms with E-state index in [1.165, 1.54) is 15.9 Å². The zero-order chi connectivity index (χ0) is 20.5. The van der Waals surface area contributed by atoms with Gasteiger partial charge in [0.1, 0.15) is 11.2 Å². The van der Waals surface area contributed by atoms with Crippen LogP contribution in [-0.4, -0.2) is 15.0 Å². The lowest BCUT2D eigenvalue weighted by Gasteiger charge is -2.13. The predicted molar refractivity (Wildman–Crippen MR) is 116 cm³/mol. The molecule has 7 heteroatoms. The van der Waals surface area contributed by atoms with Crippen molar-refractivity contribution in [3.63, 3.8) is 0 Å². The van der Waals surface area contributed by atoms with Crippen molar-refractivity contribution >= 4 is 33.1 Å². The Hall–Kier alpha value is -3.45. The van der Waals surface area contributed by atoms with Gasteiger partial charge in [-0.05, 0) is 55.1 Å². The zero-order valence-electron chi connectivity index (χ0n) is 16.0. The van der Waals surface area contributed by atoms with Crippen LogP contribution in [0.15, 0.2) is 69.6 Å². The highest BCUT2D eigenvalue weighted by atomic mass is 32.1. The van der Waals surface area contributed by atoms with Crippen molar-refractivity contribution in [2.45, 2.75) is 20.4 Å². The molecule has 0 bridgehead atoms. The summed E-state index contributed by atoms with van der Waals surface area (Å²) in [6.07, 6.45) is 0. The van der Waals surface area contributed by atoms with E-state index in [0.717, 1.165) is 15.7 Å². The van der Waals surface area contributed by atoms with Gasteiger partial charge >= 0.3 is 5.69 Å². The van der Waals surface area contributed by atoms with Gasteiger partial charge in [0.05, 0.1) is 11.2 Å². The molecule has 0 aliphatic carbocycles. The van der Waals surface area contributed by atoms with E-state index >= 15 is 0 Å². The Kier molecular flexibility index (Phi) is 4.90. The molecule has 146 valence electrons. The van der Waals surface area contributed by atoms with E-state index in [0.29, 0.717) is 21.6 Å². The van der Waals surface area contributed by atoms with Crippen LogP contribution < -0.4 is 16.6 Å². The van der Waals surface area contributed by atoms with Crippen LogP contribution in [0.4, 0.5) is 5.69 Å². The van der Waals surface area contributed by atoms with Crippen LogP contribution in [0.1, 0.15) is 11.1 Å². The Morgan fingerprint density at radius 1 is 1.00 bits per heavy atom. The number of hydrogen-bond donors (Lipinski definition) is 1. The lowest BCUT2D eigenvalue weighted by molar-refractivity contribution is -0.116. The van der Waals surface area contributed by atoms with E-state index < -0.39 is 5.69 Å². The Bertz CT molecular complexity index is 1330. The van der Waals surface area contributed by atoms with E-state index in [2.05, 4.69) is 5.32 Å². The summed E-state index contributed by atoms with van der Waals surface area (Å²) >= 11 is 1.26. The zero-order valence-corrected chi connectivity index (χ0v) is 16.8. The first-order valence-corrected chi connectivity index (χ1v) is 9.98. The predicted octanol–water partition coefficient (Wildman–Crippen LogP) is 3.47. The van der Waals surface area contributed by atoms with Gasteiger partial charge in [0.15, 0.2) is 0 Å². The van der Waals surface area contributed by atoms with Gasteiger partial charge in [-0.2, -0.15) is 0 Å². The van der Waals surface area contributed by atoms with Crippen LogP contribution >= 0.6 is 11.3 Å². The quantitative estimate of drug-likeness (QED) is 0.565. The Labute approximate surface area is 170 Å². The Morgan fingerprint density at radius 3 is 2.48 bits per heavy atom. The first-order valence-electron chi connectivity index (χ1n) is 9.10. The molecule has 4 rings (SSSR count). The maximum absolute atomic E-state index is 13.2. The van der Waals surface area contributed by atoms with Crippen LogP contribution in [0, 0.1) is 13.8 Å². The molecule has 6 nitrogen and oxygen atoms in total. The molecule has 1 N–H and O–H groups in total. The van der Waals surface area contributed by atoms with Crippen molar-refractivity contribution < 1.29 is 4.79 Å². The molecule has 2 aromatic heterocycles. The molecule has 0 atom stereocenters. The third-order valence-corrected chi connectivity index (χ3v) is 5.54. The summed E-state index contributed by atoms with van der Waals surface area (Å²) in [5.41, 5.74) is 2.72. The number of nitrogens with one attached hydrogen (secondary N) is 1. The molecule has 0 fully saturated rings. The molecule has 29 heavy (non-hydrogen) atoms. The molecule has 0 radical (unpaired) electrons. The van der Waals surface area contributed by atoms with Gasteiger partial charge in [0, 0.05) is 5.69 Å². The second-order valence-corrected chi connectivity index (χ2v) is 7.81. The van der Waals surface area contributed by atoms with E-state index in [9.17, 15) is 14.4 Å². The number of amides is 1. The highest BCUT2D eigenvalue weighted by molar-refractivity contribution is 7.17. The second-order valence-electron chi connectivity index (χ2n) is 6.90. The molecule has 0 aliphatic heterocycles. The third kappa shape index (κ3) is 3.64. The Morgan fingerprint density at radius 2 is 1.76 bits per heavy atom. The summed E-state index contributed by atoms with van der Waals surface area (Å²) in [5.74, 6) is -0.335. The number of carbonyl (C=O) groups is 1. The topological polar surface area (TPSA) is 73.1 Å². The first kappa shape index (κ1) is 18.9. The lowest BCUT2D eigenvalue weighted by Crippen LogP contribution is -2.40. The maximum Gasteiger partial charge on any atom is 0.336 e. The highest BCUT2D eigenvalue weighted by Gasteiger charge is 2.17. The number of anilines is 1. The largest absolute Gasteiger partial charge is 0.336 e. The summed E-state index contributed by atoms with van der Waals surface area (Å²) < 4.78 is 2.92. The summed E-state index contributed by atoms with van der Waals surface area (Å²) in [4.78, 5) is 38.8. The van der Waals surface area contributed by atoms with Gasteiger partial charge in [-0.1, -0.05) is 29.8 Å². The normalized spacial score (nSPS) is 11.0. The monoisotopic (exact) mass is 405 g/mol. The highest BCUT2D eigenvalue weighted by Crippen LogP contribution is 2.17. The van der Waals surface area contributed by atoms with Crippen LogP contribution in [0.2, 0.25) is 0 Å². The van der Waals surface area contributed by atoms with Gasteiger partial charge < -0.3 is 5.32 Å². The lowest BCUT2D eigenvalue weighted by atomic mass is 10.2. The molecular formula is C22H19N3O3S. The van der Waals surface area contributed by atoms with Gasteiger partial charge in [-0.15, -0.1) is 11.3 Å². The van der Waals surface area contributed by atoms with Crippen LogP contribution in [-0.2, 0) is 11.3 Å². The molecule has 0 saturated heterocycles. The number of nitrogens with zero attached hydrogens (tertiary/aromatic N) is 2. The van der Waals surface area contributed by atoms with E-state index in [-0.39, 0.29) is 18.0 Å². The molecule has 0 aliphatic rings. The minimum Gasteiger partial charge on any atom is -0.325 e. The van der Waals surface area contributed by atoms with Crippen LogP contribution in [0.5, 0.6) is 0 Å². The molecule has 0 unspecified atom stereocenters. The standard InChI is InChI=1S/C22H19N3O3S/c1-14-6-8-16(9-7-14)23-19(26)13-24-18-10-11-29-20(18)21(27)25(22(24)28)17-5-3-4-15(2)12-17/h3-12H,13H2,1-2H3,(H,23,26). The SMILES string of the molecule is Cc1ccc(NC(=O)Cn2c(=O)n(-c3cccc(C)c3)c(=O)c3sccc32)cc1. The molecule has 2 aromatic carbocycles. The van der Waals surface area contributed by atoms with Gasteiger partial charge in [-0.3, -0.25) is 14.2 Å². The number of carbonyl (C=O) groups excluding carboxylic acids is 1. The van der Waals surface area contributed by atoms with Crippen LogP contribution in [0.3, 0.4) is 0 Å². The van der Waals surface area contributed by atoms with E-state index in [1.54, 1.807) is 29.6 Å². The van der Waals surface area contributed by atoms with Crippen molar-refractivity contribution in [3.05, 3.63) is 91.9 Å². The number of aryl methyl sites for hydroxylation is 2. The summed E-state index contributed by atoms with van der Waals surface area (Å²) in [5, 5.41) is 4.55.